The molecule has 100 valence electrons. The van der Waals surface area contributed by atoms with Crippen LogP contribution < -0.4 is 5.19 Å². The maximum atomic E-state index is 11.5. The summed E-state index contributed by atoms with van der Waals surface area (Å²) in [6.07, 6.45) is 0.0509. The van der Waals surface area contributed by atoms with Gasteiger partial charge in [-0.15, -0.1) is 0 Å². The van der Waals surface area contributed by atoms with E-state index in [1.165, 1.54) is 5.19 Å². The van der Waals surface area contributed by atoms with Crippen LogP contribution in [0.15, 0.2) is 24.3 Å². The lowest BCUT2D eigenvalue weighted by molar-refractivity contribution is -0.146. The van der Waals surface area contributed by atoms with Crippen LogP contribution in [0.25, 0.3) is 0 Å². The lowest BCUT2D eigenvalue weighted by atomic mass is 10.1. The van der Waals surface area contributed by atoms with Crippen LogP contribution in [-0.4, -0.2) is 28.5 Å². The van der Waals surface area contributed by atoms with Gasteiger partial charge >= 0.3 is 5.97 Å². The second-order valence-electron chi connectivity index (χ2n) is 4.55. The Hall–Kier alpha value is -1.13. The zero-order valence-electron chi connectivity index (χ0n) is 11.6. The third-order valence-corrected chi connectivity index (χ3v) is 4.64. The van der Waals surface area contributed by atoms with Crippen LogP contribution in [-0.2, 0) is 14.3 Å². The minimum Gasteiger partial charge on any atom is -0.466 e. The minimum atomic E-state index is -0.762. The Bertz CT molecular complexity index is 373. The molecule has 0 radical (unpaired) electrons. The number of ether oxygens (including phenoxy) is 2. The van der Waals surface area contributed by atoms with Gasteiger partial charge in [0.2, 0.25) is 0 Å². The van der Waals surface area contributed by atoms with Crippen molar-refractivity contribution in [3.8, 4) is 0 Å². The fourth-order valence-electron chi connectivity index (χ4n) is 1.80. The quantitative estimate of drug-likeness (QED) is 0.584. The van der Waals surface area contributed by atoms with E-state index in [9.17, 15) is 4.79 Å². The summed E-state index contributed by atoms with van der Waals surface area (Å²) >= 11 is 0. The number of hydrogen-bond acceptors (Lipinski definition) is 3. The van der Waals surface area contributed by atoms with Gasteiger partial charge < -0.3 is 9.47 Å². The molecule has 0 spiro atoms. The Labute approximate surface area is 111 Å². The zero-order chi connectivity index (χ0) is 13.5. The number of rotatable bonds is 6. The predicted molar refractivity (Wildman–Crippen MR) is 76.0 cm³/mol. The molecule has 1 aromatic carbocycles. The smallest absolute Gasteiger partial charge is 0.308 e. The Morgan fingerprint density at radius 2 is 1.89 bits per heavy atom. The highest BCUT2D eigenvalue weighted by Crippen LogP contribution is 2.20. The summed E-state index contributed by atoms with van der Waals surface area (Å²) in [6.45, 7) is 6.80. The molecule has 0 saturated heterocycles. The van der Waals surface area contributed by atoms with E-state index in [1.807, 2.05) is 6.92 Å². The van der Waals surface area contributed by atoms with Crippen molar-refractivity contribution in [3.05, 3.63) is 29.8 Å². The van der Waals surface area contributed by atoms with Gasteiger partial charge in [0, 0.05) is 7.11 Å². The number of carbonyl (C=O) groups excluding carboxylic acids is 1. The molecule has 4 heteroatoms. The van der Waals surface area contributed by atoms with Crippen molar-refractivity contribution in [2.75, 3.05) is 13.7 Å². The van der Waals surface area contributed by atoms with Crippen molar-refractivity contribution >= 4 is 20.0 Å². The van der Waals surface area contributed by atoms with Crippen molar-refractivity contribution in [2.45, 2.75) is 32.5 Å². The van der Waals surface area contributed by atoms with Gasteiger partial charge in [0.1, 0.15) is 0 Å². The topological polar surface area (TPSA) is 35.5 Å². The number of hydrogen-bond donors (Lipinski definition) is 0. The molecule has 1 aromatic rings. The standard InChI is InChI=1S/C14H22O3Si/c1-5-17-14(15)10-13(16-2)11-6-8-12(9-7-11)18(3)4/h6-9,13,18H,5,10H2,1-4H3. The first-order chi connectivity index (χ1) is 8.58. The highest BCUT2D eigenvalue weighted by atomic mass is 28.3. The summed E-state index contributed by atoms with van der Waals surface area (Å²) in [4.78, 5) is 11.5. The lowest BCUT2D eigenvalue weighted by Crippen LogP contribution is -2.22. The SMILES string of the molecule is CCOC(=O)CC(OC)c1ccc([SiH](C)C)cc1. The van der Waals surface area contributed by atoms with E-state index in [1.54, 1.807) is 7.11 Å². The first kappa shape index (κ1) is 14.9. The molecule has 0 heterocycles. The molecular formula is C14H22O3Si. The van der Waals surface area contributed by atoms with Crippen molar-refractivity contribution in [3.63, 3.8) is 0 Å². The van der Waals surface area contributed by atoms with Crippen LogP contribution in [0.4, 0.5) is 0 Å². The highest BCUT2D eigenvalue weighted by molar-refractivity contribution is 6.70. The van der Waals surface area contributed by atoms with Crippen molar-refractivity contribution < 1.29 is 14.3 Å². The fraction of sp³-hybridized carbons (Fsp3) is 0.500. The highest BCUT2D eigenvalue weighted by Gasteiger charge is 2.16. The van der Waals surface area contributed by atoms with Gasteiger partial charge in [-0.25, -0.2) is 0 Å². The molecule has 1 atom stereocenters. The number of methoxy groups -OCH3 is 1. The molecule has 1 rings (SSSR count). The van der Waals surface area contributed by atoms with Crippen LogP contribution in [0.5, 0.6) is 0 Å². The molecule has 0 aromatic heterocycles. The van der Waals surface area contributed by atoms with Crippen LogP contribution >= 0.6 is 0 Å². The molecule has 0 aliphatic rings. The third-order valence-electron chi connectivity index (χ3n) is 2.92. The van der Waals surface area contributed by atoms with Gasteiger partial charge in [0.05, 0.1) is 27.9 Å². The van der Waals surface area contributed by atoms with Gasteiger partial charge in [0.15, 0.2) is 0 Å². The molecule has 0 amide bonds. The summed E-state index contributed by atoms with van der Waals surface area (Å²) in [6, 6.07) is 8.39. The number of esters is 1. The van der Waals surface area contributed by atoms with E-state index in [4.69, 9.17) is 9.47 Å². The van der Waals surface area contributed by atoms with Gasteiger partial charge in [-0.3, -0.25) is 4.79 Å². The summed E-state index contributed by atoms with van der Waals surface area (Å²) in [5, 5.41) is 1.42. The summed E-state index contributed by atoms with van der Waals surface area (Å²) in [7, 11) is 0.858. The zero-order valence-corrected chi connectivity index (χ0v) is 12.8. The molecule has 1 unspecified atom stereocenters. The normalized spacial score (nSPS) is 12.5. The van der Waals surface area contributed by atoms with Crippen molar-refractivity contribution in [1.82, 2.24) is 0 Å². The first-order valence-electron chi connectivity index (χ1n) is 6.36. The summed E-state index contributed by atoms with van der Waals surface area (Å²) < 4.78 is 10.3. The molecule has 0 saturated carbocycles. The fourth-order valence-corrected chi connectivity index (χ4v) is 2.77. The van der Waals surface area contributed by atoms with Crippen LogP contribution in [0.3, 0.4) is 0 Å². The monoisotopic (exact) mass is 266 g/mol. The largest absolute Gasteiger partial charge is 0.466 e. The second kappa shape index (κ2) is 7.33. The summed E-state index contributed by atoms with van der Waals surface area (Å²) in [5.41, 5.74) is 1.03. The number of carbonyl (C=O) groups is 1. The molecule has 0 fully saturated rings. The average molecular weight is 266 g/mol. The Morgan fingerprint density at radius 3 is 2.33 bits per heavy atom. The van der Waals surface area contributed by atoms with E-state index >= 15 is 0 Å². The molecular weight excluding hydrogens is 244 g/mol. The maximum Gasteiger partial charge on any atom is 0.308 e. The summed E-state index contributed by atoms with van der Waals surface area (Å²) in [5.74, 6) is -0.216. The first-order valence-corrected chi connectivity index (χ1v) is 9.25. The predicted octanol–water partition coefficient (Wildman–Crippen LogP) is 2.02. The van der Waals surface area contributed by atoms with Crippen molar-refractivity contribution in [1.29, 1.82) is 0 Å². The Kier molecular flexibility index (Phi) is 6.08. The van der Waals surface area contributed by atoms with Crippen LogP contribution in [0.1, 0.15) is 25.0 Å². The van der Waals surface area contributed by atoms with Crippen LogP contribution in [0, 0.1) is 0 Å². The van der Waals surface area contributed by atoms with E-state index in [0.717, 1.165) is 5.56 Å². The molecule has 3 nitrogen and oxygen atoms in total. The molecule has 0 N–H and O–H groups in total. The van der Waals surface area contributed by atoms with Gasteiger partial charge in [-0.2, -0.15) is 0 Å². The van der Waals surface area contributed by atoms with Crippen molar-refractivity contribution in [2.24, 2.45) is 0 Å². The third kappa shape index (κ3) is 4.27. The van der Waals surface area contributed by atoms with E-state index < -0.39 is 8.80 Å². The van der Waals surface area contributed by atoms with Crippen LogP contribution in [0.2, 0.25) is 13.1 Å². The number of benzene rings is 1. The minimum absolute atomic E-state index is 0.216. The van der Waals surface area contributed by atoms with E-state index in [0.29, 0.717) is 6.61 Å². The van der Waals surface area contributed by atoms with Gasteiger partial charge in [-0.05, 0) is 12.5 Å². The molecule has 18 heavy (non-hydrogen) atoms. The van der Waals surface area contributed by atoms with E-state index in [-0.39, 0.29) is 18.5 Å². The molecule has 0 aliphatic carbocycles. The maximum absolute atomic E-state index is 11.5. The lowest BCUT2D eigenvalue weighted by Gasteiger charge is -2.15. The molecule has 0 aliphatic heterocycles. The Morgan fingerprint density at radius 1 is 1.28 bits per heavy atom. The van der Waals surface area contributed by atoms with Gasteiger partial charge in [-0.1, -0.05) is 42.5 Å². The van der Waals surface area contributed by atoms with Gasteiger partial charge in [0.25, 0.3) is 0 Å². The Balaban J connectivity index is 2.73. The molecule has 0 bridgehead atoms. The van der Waals surface area contributed by atoms with E-state index in [2.05, 4.69) is 37.4 Å². The average Bonchev–Trinajstić information content (AvgIpc) is 2.36. The second-order valence-corrected chi connectivity index (χ2v) is 7.53.